The first-order valence-corrected chi connectivity index (χ1v) is 11.3. The van der Waals surface area contributed by atoms with Gasteiger partial charge >= 0.3 is 0 Å². The Bertz CT molecular complexity index is 1120. The first kappa shape index (κ1) is 18.4. The second kappa shape index (κ2) is 6.30. The third-order valence-corrected chi connectivity index (χ3v) is 8.26. The highest BCUT2D eigenvalue weighted by Crippen LogP contribution is 2.55. The molecule has 0 radical (unpaired) electrons. The molecule has 1 aromatic carbocycles. The smallest absolute Gasteiger partial charge is 0.259 e. The molecule has 1 saturated carbocycles. The maximum Gasteiger partial charge on any atom is 0.259 e. The summed E-state index contributed by atoms with van der Waals surface area (Å²) in [6, 6.07) is 8.23. The molecule has 30 heavy (non-hydrogen) atoms. The molecule has 2 aromatic rings. The number of hydrogen-bond acceptors (Lipinski definition) is 4. The second-order valence-electron chi connectivity index (χ2n) is 10.0. The van der Waals surface area contributed by atoms with Crippen LogP contribution in [0.1, 0.15) is 58.9 Å². The van der Waals surface area contributed by atoms with E-state index >= 15 is 0 Å². The summed E-state index contributed by atoms with van der Waals surface area (Å²) < 4.78 is 0. The maximum atomic E-state index is 12.5. The van der Waals surface area contributed by atoms with Gasteiger partial charge in [0.2, 0.25) is 0 Å². The minimum absolute atomic E-state index is 0.0509. The third-order valence-electron chi connectivity index (χ3n) is 8.26. The van der Waals surface area contributed by atoms with Crippen molar-refractivity contribution in [2.75, 3.05) is 13.1 Å². The van der Waals surface area contributed by atoms with Gasteiger partial charge in [-0.1, -0.05) is 6.07 Å². The number of rotatable bonds is 3. The Hall–Kier alpha value is -2.40. The number of aromatic amines is 1. The molecular weight excluding hydrogens is 376 g/mol. The molecule has 0 spiro atoms. The predicted octanol–water partition coefficient (Wildman–Crippen LogP) is 2.98. The lowest BCUT2D eigenvalue weighted by molar-refractivity contribution is 0.00459. The molecule has 0 amide bonds. The number of phenols is 1. The highest BCUT2D eigenvalue weighted by atomic mass is 16.3. The SMILES string of the molecule is CC(=O)c1cc2c([nH]c1=O)C[C@]13CCN(CC4CC4)[C@H](Cc4ccc(O)cc41)[C@@H]3C2. The largest absolute Gasteiger partial charge is 0.508 e. The van der Waals surface area contributed by atoms with E-state index in [0.717, 1.165) is 49.4 Å². The van der Waals surface area contributed by atoms with Crippen molar-refractivity contribution in [1.29, 1.82) is 0 Å². The van der Waals surface area contributed by atoms with Gasteiger partial charge in [0.25, 0.3) is 5.56 Å². The summed E-state index contributed by atoms with van der Waals surface area (Å²) in [5.74, 6) is 1.45. The fraction of sp³-hybridized carbons (Fsp3) is 0.520. The van der Waals surface area contributed by atoms with Crippen molar-refractivity contribution in [1.82, 2.24) is 9.88 Å². The van der Waals surface area contributed by atoms with E-state index in [4.69, 9.17) is 0 Å². The third kappa shape index (κ3) is 2.64. The fourth-order valence-corrected chi connectivity index (χ4v) is 6.62. The van der Waals surface area contributed by atoms with Crippen LogP contribution in [0.5, 0.6) is 5.75 Å². The Balaban J connectivity index is 1.50. The summed E-state index contributed by atoms with van der Waals surface area (Å²) in [7, 11) is 0. The average Bonchev–Trinajstić information content (AvgIpc) is 3.52. The van der Waals surface area contributed by atoms with Crippen LogP contribution in [-0.2, 0) is 24.7 Å². The topological polar surface area (TPSA) is 73.4 Å². The molecule has 5 nitrogen and oxygen atoms in total. The first-order chi connectivity index (χ1) is 14.4. The summed E-state index contributed by atoms with van der Waals surface area (Å²) in [6.45, 7) is 3.74. The number of piperidine rings is 1. The monoisotopic (exact) mass is 404 g/mol. The molecule has 1 saturated heterocycles. The molecule has 2 N–H and O–H groups in total. The highest BCUT2D eigenvalue weighted by Gasteiger charge is 2.55. The molecule has 1 aliphatic heterocycles. The zero-order valence-electron chi connectivity index (χ0n) is 17.4. The molecule has 3 atom stereocenters. The van der Waals surface area contributed by atoms with Crippen LogP contribution < -0.4 is 5.56 Å². The number of benzene rings is 1. The van der Waals surface area contributed by atoms with Crippen molar-refractivity contribution in [2.24, 2.45) is 11.8 Å². The lowest BCUT2D eigenvalue weighted by Gasteiger charge is -2.59. The van der Waals surface area contributed by atoms with Gasteiger partial charge < -0.3 is 10.1 Å². The Morgan fingerprint density at radius 2 is 2.07 bits per heavy atom. The van der Waals surface area contributed by atoms with Crippen molar-refractivity contribution in [3.8, 4) is 5.75 Å². The zero-order valence-corrected chi connectivity index (χ0v) is 17.4. The van der Waals surface area contributed by atoms with Gasteiger partial charge in [0.1, 0.15) is 5.75 Å². The standard InChI is InChI=1S/C25H28N2O3/c1-14(28)19-8-17-9-21-23-10-16-4-5-18(29)11-20(16)25(21,12-22(17)26-24(19)30)6-7-27(23)13-15-2-3-15/h4-5,8,11,15,21,23,29H,2-3,6-7,9-10,12-13H2,1H3,(H,26,30)/t21-,23+,25+/m0/s1. The van der Waals surface area contributed by atoms with Crippen molar-refractivity contribution in [2.45, 2.75) is 56.9 Å². The van der Waals surface area contributed by atoms with E-state index in [-0.39, 0.29) is 22.3 Å². The number of carbonyl (C=O) groups is 1. The summed E-state index contributed by atoms with van der Waals surface area (Å²) in [5, 5.41) is 10.3. The van der Waals surface area contributed by atoms with Crippen LogP contribution in [-0.4, -0.2) is 39.9 Å². The Labute approximate surface area is 176 Å². The van der Waals surface area contributed by atoms with Crippen LogP contribution in [0.25, 0.3) is 0 Å². The van der Waals surface area contributed by atoms with Gasteiger partial charge in [0.05, 0.1) is 5.56 Å². The molecule has 3 aliphatic carbocycles. The van der Waals surface area contributed by atoms with E-state index in [1.165, 1.54) is 37.4 Å². The number of aromatic nitrogens is 1. The predicted molar refractivity (Wildman–Crippen MR) is 114 cm³/mol. The van der Waals surface area contributed by atoms with Crippen LogP contribution >= 0.6 is 0 Å². The number of fused-ring (bicyclic) bond motifs is 2. The van der Waals surface area contributed by atoms with Gasteiger partial charge in [-0.15, -0.1) is 0 Å². The lowest BCUT2D eigenvalue weighted by Crippen LogP contribution is -2.63. The van der Waals surface area contributed by atoms with Gasteiger partial charge in [-0.25, -0.2) is 0 Å². The quantitative estimate of drug-likeness (QED) is 0.772. The van der Waals surface area contributed by atoms with Crippen molar-refractivity contribution in [3.63, 3.8) is 0 Å². The number of pyridine rings is 1. The van der Waals surface area contributed by atoms with Gasteiger partial charge in [-0.3, -0.25) is 14.5 Å². The van der Waals surface area contributed by atoms with E-state index in [0.29, 0.717) is 17.7 Å². The fourth-order valence-electron chi connectivity index (χ4n) is 6.62. The molecule has 2 heterocycles. The number of H-pyrrole nitrogens is 1. The number of ketones is 1. The van der Waals surface area contributed by atoms with Crippen LogP contribution in [0.4, 0.5) is 0 Å². The molecule has 4 aliphatic rings. The Morgan fingerprint density at radius 3 is 2.83 bits per heavy atom. The van der Waals surface area contributed by atoms with E-state index in [1.807, 2.05) is 18.2 Å². The number of phenolic OH excluding ortho intramolecular Hbond substituents is 1. The Kier molecular flexibility index (Phi) is 3.86. The number of carbonyl (C=O) groups excluding carboxylic acids is 1. The summed E-state index contributed by atoms with van der Waals surface area (Å²) in [5.41, 5.74) is 4.68. The van der Waals surface area contributed by atoms with E-state index in [1.54, 1.807) is 0 Å². The molecule has 5 heteroatoms. The number of nitrogens with one attached hydrogen (secondary N) is 1. The number of aromatic hydroxyl groups is 1. The molecule has 1 aromatic heterocycles. The average molecular weight is 405 g/mol. The van der Waals surface area contributed by atoms with E-state index in [2.05, 4.69) is 16.0 Å². The maximum absolute atomic E-state index is 12.5. The molecule has 0 unspecified atom stereocenters. The first-order valence-electron chi connectivity index (χ1n) is 11.3. The number of nitrogens with zero attached hydrogens (tertiary/aromatic N) is 1. The lowest BCUT2D eigenvalue weighted by atomic mass is 9.52. The van der Waals surface area contributed by atoms with Crippen molar-refractivity contribution >= 4 is 5.78 Å². The molecule has 156 valence electrons. The molecule has 2 fully saturated rings. The van der Waals surface area contributed by atoms with E-state index < -0.39 is 0 Å². The van der Waals surface area contributed by atoms with Gasteiger partial charge in [0.15, 0.2) is 5.78 Å². The van der Waals surface area contributed by atoms with Crippen LogP contribution in [0.2, 0.25) is 0 Å². The Morgan fingerprint density at radius 1 is 1.23 bits per heavy atom. The minimum atomic E-state index is -0.272. The number of Topliss-reactive ketones (excluding diaryl/α,β-unsaturated/α-hetero) is 1. The molecular formula is C25H28N2O3. The highest BCUT2D eigenvalue weighted by molar-refractivity contribution is 5.93. The van der Waals surface area contributed by atoms with Gasteiger partial charge in [-0.05, 0) is 98.7 Å². The second-order valence-corrected chi connectivity index (χ2v) is 10.0. The van der Waals surface area contributed by atoms with Crippen LogP contribution in [0.15, 0.2) is 29.1 Å². The summed E-state index contributed by atoms with van der Waals surface area (Å²) >= 11 is 0. The van der Waals surface area contributed by atoms with Crippen molar-refractivity contribution in [3.05, 3.63) is 62.6 Å². The van der Waals surface area contributed by atoms with Gasteiger partial charge in [0, 0.05) is 23.7 Å². The van der Waals surface area contributed by atoms with Crippen LogP contribution in [0.3, 0.4) is 0 Å². The van der Waals surface area contributed by atoms with Crippen molar-refractivity contribution < 1.29 is 9.90 Å². The molecule has 2 bridgehead atoms. The normalized spacial score (nSPS) is 29.6. The summed E-state index contributed by atoms with van der Waals surface area (Å²) in [4.78, 5) is 30.3. The summed E-state index contributed by atoms with van der Waals surface area (Å²) in [6.07, 6.45) is 6.45. The molecule has 6 rings (SSSR count). The number of hydrogen-bond donors (Lipinski definition) is 2. The van der Waals surface area contributed by atoms with Gasteiger partial charge in [-0.2, -0.15) is 0 Å². The minimum Gasteiger partial charge on any atom is -0.508 e. The zero-order chi connectivity index (χ0) is 20.6. The number of likely N-dealkylation sites (tertiary alicyclic amines) is 1. The van der Waals surface area contributed by atoms with Crippen LogP contribution in [0, 0.1) is 11.8 Å². The van der Waals surface area contributed by atoms with E-state index in [9.17, 15) is 14.7 Å².